The average molecular weight is 297 g/mol. The zero-order valence-electron chi connectivity index (χ0n) is 9.73. The van der Waals surface area contributed by atoms with Gasteiger partial charge in [-0.1, -0.05) is 29.3 Å². The Bertz CT molecular complexity index is 614. The number of halogens is 2. The quantitative estimate of drug-likeness (QED) is 0.915. The first-order valence-corrected chi connectivity index (χ1v) is 6.52. The van der Waals surface area contributed by atoms with Crippen LogP contribution in [-0.4, -0.2) is 21.1 Å². The molecule has 0 saturated heterocycles. The number of nitrogens with one attached hydrogen (secondary N) is 2. The molecule has 0 radical (unpaired) electrons. The van der Waals surface area contributed by atoms with Crippen molar-refractivity contribution in [3.8, 4) is 0 Å². The molecule has 0 aliphatic heterocycles. The van der Waals surface area contributed by atoms with E-state index < -0.39 is 0 Å². The summed E-state index contributed by atoms with van der Waals surface area (Å²) >= 11 is 12.0. The third kappa shape index (κ3) is 2.57. The summed E-state index contributed by atoms with van der Waals surface area (Å²) in [5.41, 5.74) is 0.962. The number of aromatic nitrogens is 3. The molecule has 5 nitrogen and oxygen atoms in total. The topological polar surface area (TPSA) is 70.7 Å². The van der Waals surface area contributed by atoms with E-state index >= 15 is 0 Å². The second-order valence-electron chi connectivity index (χ2n) is 4.44. The standard InChI is InChI=1S/C12H10Cl2N4O/c13-6-1-2-7(10(14)3-6)8-4-9(8)11(19)17-12-15-5-16-18-12/h1-3,5,8-9H,4H2,(H2,15,16,17,18,19)/t8-,9+/m1/s1. The fraction of sp³-hybridized carbons (Fsp3) is 0.250. The lowest BCUT2D eigenvalue weighted by Crippen LogP contribution is -2.15. The number of amides is 1. The highest BCUT2D eigenvalue weighted by Gasteiger charge is 2.45. The van der Waals surface area contributed by atoms with Crippen molar-refractivity contribution < 1.29 is 4.79 Å². The zero-order chi connectivity index (χ0) is 13.4. The number of H-pyrrole nitrogens is 1. The summed E-state index contributed by atoms with van der Waals surface area (Å²) in [6.07, 6.45) is 2.12. The van der Waals surface area contributed by atoms with Gasteiger partial charge >= 0.3 is 0 Å². The van der Waals surface area contributed by atoms with Gasteiger partial charge in [0.15, 0.2) is 0 Å². The molecule has 1 saturated carbocycles. The molecular formula is C12H10Cl2N4O. The van der Waals surface area contributed by atoms with Crippen LogP contribution in [0.4, 0.5) is 5.95 Å². The molecule has 7 heteroatoms. The number of anilines is 1. The van der Waals surface area contributed by atoms with Crippen LogP contribution in [0.25, 0.3) is 0 Å². The number of nitrogens with zero attached hydrogens (tertiary/aromatic N) is 2. The van der Waals surface area contributed by atoms with Crippen LogP contribution in [-0.2, 0) is 4.79 Å². The molecule has 2 aromatic rings. The smallest absolute Gasteiger partial charge is 0.230 e. The maximum absolute atomic E-state index is 12.0. The van der Waals surface area contributed by atoms with Gasteiger partial charge in [-0.05, 0) is 30.0 Å². The first-order chi connectivity index (χ1) is 9.15. The Kier molecular flexibility index (Phi) is 3.16. The maximum atomic E-state index is 12.0. The number of hydrogen-bond acceptors (Lipinski definition) is 3. The largest absolute Gasteiger partial charge is 0.295 e. The highest BCUT2D eigenvalue weighted by molar-refractivity contribution is 6.35. The second-order valence-corrected chi connectivity index (χ2v) is 5.28. The van der Waals surface area contributed by atoms with Crippen molar-refractivity contribution in [1.82, 2.24) is 15.2 Å². The van der Waals surface area contributed by atoms with Gasteiger partial charge in [0.05, 0.1) is 0 Å². The van der Waals surface area contributed by atoms with Crippen molar-refractivity contribution in [2.24, 2.45) is 5.92 Å². The van der Waals surface area contributed by atoms with Crippen LogP contribution in [0, 0.1) is 5.92 Å². The Balaban J connectivity index is 1.69. The van der Waals surface area contributed by atoms with Gasteiger partial charge in [-0.25, -0.2) is 5.10 Å². The predicted octanol–water partition coefficient (Wildman–Crippen LogP) is 2.85. The van der Waals surface area contributed by atoms with E-state index in [1.54, 1.807) is 12.1 Å². The SMILES string of the molecule is O=C(Nc1ncn[nH]1)[C@H]1C[C@@H]1c1ccc(Cl)cc1Cl. The van der Waals surface area contributed by atoms with E-state index in [1.807, 2.05) is 6.07 Å². The molecule has 19 heavy (non-hydrogen) atoms. The lowest BCUT2D eigenvalue weighted by Gasteiger charge is -2.04. The summed E-state index contributed by atoms with van der Waals surface area (Å²) in [5.74, 6) is 0.349. The van der Waals surface area contributed by atoms with Gasteiger partial charge in [0.2, 0.25) is 11.9 Å². The summed E-state index contributed by atoms with van der Waals surface area (Å²) in [7, 11) is 0. The van der Waals surface area contributed by atoms with Crippen molar-refractivity contribution in [2.75, 3.05) is 5.32 Å². The number of carbonyl (C=O) groups is 1. The van der Waals surface area contributed by atoms with Crippen LogP contribution in [0.2, 0.25) is 10.0 Å². The van der Waals surface area contributed by atoms with E-state index in [4.69, 9.17) is 23.2 Å². The molecule has 1 aliphatic rings. The molecule has 2 N–H and O–H groups in total. The van der Waals surface area contributed by atoms with Crippen molar-refractivity contribution >= 4 is 35.1 Å². The van der Waals surface area contributed by atoms with Crippen LogP contribution in [0.1, 0.15) is 17.9 Å². The molecule has 98 valence electrons. The molecule has 0 unspecified atom stereocenters. The van der Waals surface area contributed by atoms with Crippen molar-refractivity contribution in [1.29, 1.82) is 0 Å². The molecule has 1 amide bonds. The Hall–Kier alpha value is -1.59. The minimum absolute atomic E-state index is 0.0761. The van der Waals surface area contributed by atoms with Crippen LogP contribution < -0.4 is 5.32 Å². The first-order valence-electron chi connectivity index (χ1n) is 5.76. The second kappa shape index (κ2) is 4.83. The minimum Gasteiger partial charge on any atom is -0.295 e. The third-order valence-electron chi connectivity index (χ3n) is 3.15. The number of hydrogen-bond donors (Lipinski definition) is 2. The average Bonchev–Trinajstić information content (AvgIpc) is 2.99. The highest BCUT2D eigenvalue weighted by atomic mass is 35.5. The Morgan fingerprint density at radius 3 is 2.95 bits per heavy atom. The van der Waals surface area contributed by atoms with Crippen LogP contribution in [0.5, 0.6) is 0 Å². The van der Waals surface area contributed by atoms with E-state index in [2.05, 4.69) is 20.5 Å². The Morgan fingerprint density at radius 2 is 2.26 bits per heavy atom. The molecule has 0 bridgehead atoms. The number of carbonyl (C=O) groups excluding carboxylic acids is 1. The number of benzene rings is 1. The zero-order valence-corrected chi connectivity index (χ0v) is 11.2. The monoisotopic (exact) mass is 296 g/mol. The van der Waals surface area contributed by atoms with E-state index in [0.717, 1.165) is 12.0 Å². The molecule has 3 rings (SSSR count). The fourth-order valence-electron chi connectivity index (χ4n) is 2.11. The van der Waals surface area contributed by atoms with Crippen molar-refractivity contribution in [3.63, 3.8) is 0 Å². The molecule has 0 spiro atoms. The molecule has 2 atom stereocenters. The van der Waals surface area contributed by atoms with E-state index in [-0.39, 0.29) is 17.7 Å². The number of rotatable bonds is 3. The predicted molar refractivity (Wildman–Crippen MR) is 72.3 cm³/mol. The lowest BCUT2D eigenvalue weighted by molar-refractivity contribution is -0.117. The van der Waals surface area contributed by atoms with Crippen LogP contribution in [0.15, 0.2) is 24.5 Å². The maximum Gasteiger partial charge on any atom is 0.230 e. The molecule has 1 aromatic heterocycles. The first kappa shape index (κ1) is 12.4. The molecular weight excluding hydrogens is 287 g/mol. The van der Waals surface area contributed by atoms with Crippen molar-refractivity contribution in [2.45, 2.75) is 12.3 Å². The number of aromatic amines is 1. The summed E-state index contributed by atoms with van der Waals surface area (Å²) in [6, 6.07) is 5.35. The molecule has 1 fully saturated rings. The summed E-state index contributed by atoms with van der Waals surface area (Å²) in [5, 5.41) is 10.1. The summed E-state index contributed by atoms with van der Waals surface area (Å²) in [4.78, 5) is 15.8. The normalized spacial score (nSPS) is 21.2. The van der Waals surface area contributed by atoms with Gasteiger partial charge in [0.25, 0.3) is 0 Å². The van der Waals surface area contributed by atoms with Gasteiger partial charge < -0.3 is 0 Å². The Morgan fingerprint density at radius 1 is 1.42 bits per heavy atom. The molecule has 1 aliphatic carbocycles. The van der Waals surface area contributed by atoms with Gasteiger partial charge in [0, 0.05) is 16.0 Å². The summed E-state index contributed by atoms with van der Waals surface area (Å²) in [6.45, 7) is 0. The van der Waals surface area contributed by atoms with Gasteiger partial charge in [-0.2, -0.15) is 10.1 Å². The molecule has 1 aromatic carbocycles. The van der Waals surface area contributed by atoms with Gasteiger partial charge in [-0.15, -0.1) is 0 Å². The van der Waals surface area contributed by atoms with Gasteiger partial charge in [0.1, 0.15) is 6.33 Å². The Labute approximate surface area is 119 Å². The van der Waals surface area contributed by atoms with Crippen molar-refractivity contribution in [3.05, 3.63) is 40.1 Å². The van der Waals surface area contributed by atoms with Crippen LogP contribution in [0.3, 0.4) is 0 Å². The lowest BCUT2D eigenvalue weighted by atomic mass is 10.1. The van der Waals surface area contributed by atoms with Gasteiger partial charge in [-0.3, -0.25) is 10.1 Å². The molecule has 1 heterocycles. The van der Waals surface area contributed by atoms with Crippen LogP contribution >= 0.6 is 23.2 Å². The van der Waals surface area contributed by atoms with E-state index in [1.165, 1.54) is 6.33 Å². The third-order valence-corrected chi connectivity index (χ3v) is 3.71. The highest BCUT2D eigenvalue weighted by Crippen LogP contribution is 2.50. The minimum atomic E-state index is -0.0798. The fourth-order valence-corrected chi connectivity index (χ4v) is 2.65. The van der Waals surface area contributed by atoms with E-state index in [0.29, 0.717) is 16.0 Å². The van der Waals surface area contributed by atoms with E-state index in [9.17, 15) is 4.79 Å². The summed E-state index contributed by atoms with van der Waals surface area (Å²) < 4.78 is 0.